The largest absolute Gasteiger partial charge is 0.393 e. The summed E-state index contributed by atoms with van der Waals surface area (Å²) >= 11 is 0. The van der Waals surface area contributed by atoms with Gasteiger partial charge in [-0.05, 0) is 50.4 Å². The van der Waals surface area contributed by atoms with Gasteiger partial charge in [0.2, 0.25) is 0 Å². The van der Waals surface area contributed by atoms with Gasteiger partial charge in [-0.25, -0.2) is 0 Å². The lowest BCUT2D eigenvalue weighted by Gasteiger charge is -2.29. The molecule has 0 aromatic heterocycles. The monoisotopic (exact) mass is 227 g/mol. The van der Waals surface area contributed by atoms with Gasteiger partial charge in [0.15, 0.2) is 0 Å². The summed E-state index contributed by atoms with van der Waals surface area (Å²) in [6, 6.07) is 0.394. The second kappa shape index (κ2) is 7.29. The minimum Gasteiger partial charge on any atom is -0.393 e. The first-order valence-electron chi connectivity index (χ1n) is 7.03. The normalized spacial score (nSPS) is 28.3. The van der Waals surface area contributed by atoms with Crippen LogP contribution in [0.3, 0.4) is 0 Å². The summed E-state index contributed by atoms with van der Waals surface area (Å²) in [5.41, 5.74) is 6.11. The van der Waals surface area contributed by atoms with Gasteiger partial charge >= 0.3 is 0 Å². The van der Waals surface area contributed by atoms with Crippen molar-refractivity contribution in [3.63, 3.8) is 0 Å². The molecule has 0 amide bonds. The molecular weight excluding hydrogens is 198 g/mol. The number of rotatable bonds is 6. The van der Waals surface area contributed by atoms with Crippen LogP contribution in [-0.4, -0.2) is 17.3 Å². The smallest absolute Gasteiger partial charge is 0.0540 e. The predicted octanol–water partition coefficient (Wildman–Crippen LogP) is 3.08. The fraction of sp³-hybridized carbons (Fsp3) is 1.00. The van der Waals surface area contributed by atoms with Gasteiger partial charge in [0.25, 0.3) is 0 Å². The van der Waals surface area contributed by atoms with Crippen molar-refractivity contribution in [2.45, 2.75) is 77.4 Å². The van der Waals surface area contributed by atoms with E-state index in [0.717, 1.165) is 25.7 Å². The van der Waals surface area contributed by atoms with Crippen LogP contribution in [0.4, 0.5) is 0 Å². The maximum atomic E-state index is 9.87. The molecule has 1 saturated carbocycles. The van der Waals surface area contributed by atoms with E-state index in [1.54, 1.807) is 0 Å². The van der Waals surface area contributed by atoms with E-state index in [1.807, 2.05) is 0 Å². The summed E-state index contributed by atoms with van der Waals surface area (Å²) in [4.78, 5) is 0. The Bertz CT molecular complexity index is 182. The van der Waals surface area contributed by atoms with Crippen molar-refractivity contribution in [3.05, 3.63) is 0 Å². The lowest BCUT2D eigenvalue weighted by Crippen LogP contribution is -2.33. The van der Waals surface area contributed by atoms with E-state index in [-0.39, 0.29) is 6.10 Å². The molecule has 2 nitrogen and oxygen atoms in total. The molecule has 0 radical (unpaired) electrons. The van der Waals surface area contributed by atoms with Gasteiger partial charge in [0.05, 0.1) is 6.10 Å². The maximum Gasteiger partial charge on any atom is 0.0540 e. The summed E-state index contributed by atoms with van der Waals surface area (Å²) in [5, 5.41) is 9.87. The van der Waals surface area contributed by atoms with Crippen molar-refractivity contribution >= 4 is 0 Å². The lowest BCUT2D eigenvalue weighted by atomic mass is 9.81. The molecule has 0 spiro atoms. The zero-order valence-corrected chi connectivity index (χ0v) is 11.0. The van der Waals surface area contributed by atoms with Gasteiger partial charge in [0, 0.05) is 6.04 Å². The van der Waals surface area contributed by atoms with Crippen LogP contribution in [0.15, 0.2) is 0 Å². The van der Waals surface area contributed by atoms with E-state index in [2.05, 4.69) is 13.8 Å². The number of nitrogens with two attached hydrogens (primary N) is 1. The molecule has 2 heteroatoms. The topological polar surface area (TPSA) is 46.2 Å². The molecule has 0 aromatic carbocycles. The molecule has 3 unspecified atom stereocenters. The lowest BCUT2D eigenvalue weighted by molar-refractivity contribution is 0.131. The molecule has 3 atom stereocenters. The van der Waals surface area contributed by atoms with Gasteiger partial charge < -0.3 is 10.8 Å². The molecule has 0 aliphatic heterocycles. The molecule has 0 aromatic rings. The second-order valence-electron chi connectivity index (χ2n) is 5.91. The van der Waals surface area contributed by atoms with Crippen LogP contribution in [0.2, 0.25) is 0 Å². The molecule has 16 heavy (non-hydrogen) atoms. The first-order chi connectivity index (χ1) is 7.59. The summed E-state index contributed by atoms with van der Waals surface area (Å²) in [6.07, 6.45) is 9.17. The van der Waals surface area contributed by atoms with Crippen LogP contribution >= 0.6 is 0 Å². The Kier molecular flexibility index (Phi) is 6.37. The predicted molar refractivity (Wildman–Crippen MR) is 69.2 cm³/mol. The number of aliphatic hydroxyl groups excluding tert-OH is 1. The highest BCUT2D eigenvalue weighted by Gasteiger charge is 2.22. The summed E-state index contributed by atoms with van der Waals surface area (Å²) in [6.45, 7) is 4.42. The average molecular weight is 227 g/mol. The van der Waals surface area contributed by atoms with Crippen LogP contribution in [-0.2, 0) is 0 Å². The molecule has 1 rings (SSSR count). The van der Waals surface area contributed by atoms with E-state index >= 15 is 0 Å². The van der Waals surface area contributed by atoms with Crippen molar-refractivity contribution in [1.29, 1.82) is 0 Å². The Morgan fingerprint density at radius 2 is 1.81 bits per heavy atom. The van der Waals surface area contributed by atoms with Gasteiger partial charge in [-0.3, -0.25) is 0 Å². The van der Waals surface area contributed by atoms with Gasteiger partial charge in [-0.1, -0.05) is 26.7 Å². The fourth-order valence-corrected chi connectivity index (χ4v) is 2.67. The minimum atomic E-state index is -0.100. The van der Waals surface area contributed by atoms with Crippen LogP contribution in [0.5, 0.6) is 0 Å². The first kappa shape index (κ1) is 14.0. The molecule has 1 fully saturated rings. The molecule has 3 N–H and O–H groups in total. The molecular formula is C14H29NO. The van der Waals surface area contributed by atoms with Crippen LogP contribution in [0, 0.1) is 11.8 Å². The van der Waals surface area contributed by atoms with Crippen molar-refractivity contribution in [2.24, 2.45) is 17.6 Å². The van der Waals surface area contributed by atoms with E-state index in [1.165, 1.54) is 25.7 Å². The van der Waals surface area contributed by atoms with Crippen molar-refractivity contribution in [2.75, 3.05) is 0 Å². The van der Waals surface area contributed by atoms with Crippen LogP contribution in [0.25, 0.3) is 0 Å². The highest BCUT2D eigenvalue weighted by molar-refractivity contribution is 4.78. The fourth-order valence-electron chi connectivity index (χ4n) is 2.67. The van der Waals surface area contributed by atoms with Crippen molar-refractivity contribution in [1.82, 2.24) is 0 Å². The van der Waals surface area contributed by atoms with Crippen molar-refractivity contribution < 1.29 is 5.11 Å². The molecule has 0 saturated heterocycles. The maximum absolute atomic E-state index is 9.87. The highest BCUT2D eigenvalue weighted by Crippen LogP contribution is 2.27. The third-order valence-electron chi connectivity index (χ3n) is 3.92. The summed E-state index contributed by atoms with van der Waals surface area (Å²) in [7, 11) is 0. The Hall–Kier alpha value is -0.0800. The Morgan fingerprint density at radius 1 is 1.12 bits per heavy atom. The zero-order chi connectivity index (χ0) is 12.0. The van der Waals surface area contributed by atoms with Crippen LogP contribution < -0.4 is 5.73 Å². The molecule has 0 bridgehead atoms. The van der Waals surface area contributed by atoms with Crippen LogP contribution in [0.1, 0.15) is 65.2 Å². The summed E-state index contributed by atoms with van der Waals surface area (Å²) < 4.78 is 0. The zero-order valence-electron chi connectivity index (χ0n) is 11.0. The molecule has 1 aliphatic carbocycles. The second-order valence-corrected chi connectivity index (χ2v) is 5.91. The van der Waals surface area contributed by atoms with E-state index in [0.29, 0.717) is 17.9 Å². The summed E-state index contributed by atoms with van der Waals surface area (Å²) in [5.74, 6) is 1.37. The highest BCUT2D eigenvalue weighted by atomic mass is 16.3. The van der Waals surface area contributed by atoms with Gasteiger partial charge in [0.1, 0.15) is 0 Å². The van der Waals surface area contributed by atoms with Gasteiger partial charge in [-0.15, -0.1) is 0 Å². The minimum absolute atomic E-state index is 0.100. The number of hydrogen-bond acceptors (Lipinski definition) is 2. The Labute approximate surface area is 101 Å². The molecule has 96 valence electrons. The molecule has 1 aliphatic rings. The standard InChI is InChI=1S/C14H29NO/c1-11(2)7-9-13(16)10-8-12-5-3-4-6-14(12)15/h11-14,16H,3-10,15H2,1-2H3. The Balaban J connectivity index is 2.12. The molecule has 0 heterocycles. The third kappa shape index (κ3) is 5.31. The first-order valence-corrected chi connectivity index (χ1v) is 7.03. The van der Waals surface area contributed by atoms with Crippen molar-refractivity contribution in [3.8, 4) is 0 Å². The van der Waals surface area contributed by atoms with E-state index in [9.17, 15) is 5.11 Å². The SMILES string of the molecule is CC(C)CCC(O)CCC1CCCCC1N. The average Bonchev–Trinajstić information content (AvgIpc) is 2.25. The van der Waals surface area contributed by atoms with E-state index < -0.39 is 0 Å². The van der Waals surface area contributed by atoms with E-state index in [4.69, 9.17) is 5.73 Å². The number of hydrogen-bond donors (Lipinski definition) is 2. The third-order valence-corrected chi connectivity index (χ3v) is 3.92. The Morgan fingerprint density at radius 3 is 2.44 bits per heavy atom. The number of aliphatic hydroxyl groups is 1. The quantitative estimate of drug-likeness (QED) is 0.732. The van der Waals surface area contributed by atoms with Gasteiger partial charge in [-0.2, -0.15) is 0 Å².